The lowest BCUT2D eigenvalue weighted by molar-refractivity contribution is -0.531. The average molecular weight is 661 g/mol. The Balaban J connectivity index is 1.55. The quantitative estimate of drug-likeness (QED) is 0.0651. The molecular weight excluding hydrogens is 622 g/mol. The second-order valence-corrected chi connectivity index (χ2v) is 12.5. The number of rotatable bonds is 12. The van der Waals surface area contributed by atoms with Crippen molar-refractivity contribution < 1.29 is 28.0 Å². The van der Waals surface area contributed by atoms with Crippen molar-refractivity contribution in [3.63, 3.8) is 0 Å². The van der Waals surface area contributed by atoms with E-state index in [1.807, 2.05) is 54.8 Å². The van der Waals surface area contributed by atoms with Crippen LogP contribution < -0.4 is 19.7 Å². The fourth-order valence-corrected chi connectivity index (χ4v) is 6.66. The molecule has 2 unspecified atom stereocenters. The number of aromatic nitrogens is 1. The van der Waals surface area contributed by atoms with Crippen molar-refractivity contribution in [2.75, 3.05) is 31.9 Å². The number of aliphatic hydroxyl groups excluding tert-OH is 1. The zero-order chi connectivity index (χ0) is 33.7. The molecule has 1 aliphatic heterocycles. The van der Waals surface area contributed by atoms with Crippen LogP contribution in [-0.2, 0) is 11.3 Å². The van der Waals surface area contributed by atoms with E-state index < -0.39 is 17.7 Å². The zero-order valence-corrected chi connectivity index (χ0v) is 27.7. The van der Waals surface area contributed by atoms with Crippen molar-refractivity contribution in [1.29, 1.82) is 5.26 Å². The van der Waals surface area contributed by atoms with Crippen LogP contribution in [0.4, 0.5) is 19.6 Å². The predicted molar refractivity (Wildman–Crippen MR) is 179 cm³/mol. The first-order valence-corrected chi connectivity index (χ1v) is 16.2. The number of benzene rings is 3. The number of thiazole rings is 1. The van der Waals surface area contributed by atoms with Crippen LogP contribution in [0.1, 0.15) is 42.0 Å². The molecule has 47 heavy (non-hydrogen) atoms. The number of esters is 1. The average Bonchev–Trinajstić information content (AvgIpc) is 3.68. The highest BCUT2D eigenvalue weighted by atomic mass is 32.1. The largest absolute Gasteiger partial charge is 0.425 e. The minimum atomic E-state index is -0.686. The number of hydrogen-bond acceptors (Lipinski definition) is 8. The molecule has 0 amide bonds. The summed E-state index contributed by atoms with van der Waals surface area (Å²) in [6, 6.07) is 16.4. The van der Waals surface area contributed by atoms with E-state index in [2.05, 4.69) is 16.0 Å². The normalized spacial score (nSPS) is 16.6. The fourth-order valence-electron chi connectivity index (χ4n) is 5.77. The van der Waals surface area contributed by atoms with Gasteiger partial charge >= 0.3 is 12.3 Å². The van der Waals surface area contributed by atoms with Crippen LogP contribution in [0, 0.1) is 36.8 Å². The number of likely N-dealkylation sites (N-methyl/N-ethyl adjacent to an activating group) is 1. The molecule has 0 saturated heterocycles. The maximum absolute atomic E-state index is 15.7. The Morgan fingerprint density at radius 2 is 1.89 bits per heavy atom. The Bertz CT molecular complexity index is 1810. The molecule has 1 aromatic heterocycles. The summed E-state index contributed by atoms with van der Waals surface area (Å²) in [6.45, 7) is 6.70. The molecule has 244 valence electrons. The monoisotopic (exact) mass is 660 g/mol. The number of carbonyl (C=O) groups excluding carboxylic acids is 1. The van der Waals surface area contributed by atoms with E-state index in [1.54, 1.807) is 26.1 Å². The van der Waals surface area contributed by atoms with Crippen LogP contribution >= 0.6 is 11.3 Å². The third-order valence-corrected chi connectivity index (χ3v) is 9.11. The SMILES string of the molecule is CNC(C)C(=O)Oc1c(C)cc(C[N+]2=C[N+](CCCCO)(c3ccc(F)cc3F)N(c3nc(-c4ccc(C#N)cc4)cs3)C2)cc1C. The lowest BCUT2D eigenvalue weighted by Crippen LogP contribution is -2.59. The van der Waals surface area contributed by atoms with Gasteiger partial charge in [-0.2, -0.15) is 9.84 Å². The van der Waals surface area contributed by atoms with E-state index in [0.29, 0.717) is 54.7 Å². The lowest BCUT2D eigenvalue weighted by Gasteiger charge is -2.33. The predicted octanol–water partition coefficient (Wildman–Crippen LogP) is 5.80. The Kier molecular flexibility index (Phi) is 10.4. The highest BCUT2D eigenvalue weighted by Crippen LogP contribution is 2.38. The molecule has 9 nitrogen and oxygen atoms in total. The highest BCUT2D eigenvalue weighted by Gasteiger charge is 2.51. The number of halogens is 2. The van der Waals surface area contributed by atoms with Gasteiger partial charge in [0.2, 0.25) is 10.8 Å². The van der Waals surface area contributed by atoms with Crippen LogP contribution in [0.3, 0.4) is 0 Å². The smallest absolute Gasteiger partial charge is 0.359 e. The Morgan fingerprint density at radius 1 is 1.17 bits per heavy atom. The number of unbranched alkanes of at least 4 members (excludes halogenated alkanes) is 1. The summed E-state index contributed by atoms with van der Waals surface area (Å²) in [6.07, 6.45) is 3.00. The number of aryl methyl sites for hydroxylation is 2. The molecule has 2 heterocycles. The van der Waals surface area contributed by atoms with Gasteiger partial charge in [0.1, 0.15) is 24.2 Å². The molecule has 0 fully saturated rings. The Hall–Kier alpha value is -4.54. The summed E-state index contributed by atoms with van der Waals surface area (Å²) in [5, 5.41) is 26.3. The summed E-state index contributed by atoms with van der Waals surface area (Å²) in [5.74, 6) is -1.20. The van der Waals surface area contributed by atoms with Crippen molar-refractivity contribution in [3.8, 4) is 23.1 Å². The molecule has 12 heteroatoms. The van der Waals surface area contributed by atoms with Crippen LogP contribution in [0.25, 0.3) is 11.3 Å². The molecule has 0 radical (unpaired) electrons. The maximum Gasteiger partial charge on any atom is 0.359 e. The summed E-state index contributed by atoms with van der Waals surface area (Å²) in [4.78, 5) is 17.4. The number of aliphatic hydroxyl groups is 1. The summed E-state index contributed by atoms with van der Waals surface area (Å²) in [5.41, 5.74) is 4.95. The number of hydrogen-bond donors (Lipinski definition) is 2. The maximum atomic E-state index is 15.7. The minimum Gasteiger partial charge on any atom is -0.425 e. The van der Waals surface area contributed by atoms with Crippen molar-refractivity contribution in [2.45, 2.75) is 46.2 Å². The molecule has 0 spiro atoms. The summed E-state index contributed by atoms with van der Waals surface area (Å²) in [7, 11) is 1.70. The van der Waals surface area contributed by atoms with Gasteiger partial charge in [0.05, 0.1) is 17.3 Å². The van der Waals surface area contributed by atoms with E-state index in [9.17, 15) is 19.6 Å². The van der Waals surface area contributed by atoms with Gasteiger partial charge in [-0.05, 0) is 75.7 Å². The van der Waals surface area contributed by atoms with Gasteiger partial charge in [-0.15, -0.1) is 5.01 Å². The molecule has 1 aliphatic rings. The number of ether oxygens (including phenoxy) is 1. The van der Waals surface area contributed by atoms with E-state index in [0.717, 1.165) is 28.3 Å². The van der Waals surface area contributed by atoms with Gasteiger partial charge in [-0.3, -0.25) is 0 Å². The van der Waals surface area contributed by atoms with E-state index in [1.165, 1.54) is 23.5 Å². The van der Waals surface area contributed by atoms with Crippen LogP contribution in [0.5, 0.6) is 5.75 Å². The van der Waals surface area contributed by atoms with Crippen LogP contribution in [-0.4, -0.2) is 59.9 Å². The number of nitrogens with one attached hydrogen (secondary N) is 1. The number of anilines is 1. The van der Waals surface area contributed by atoms with Crippen LogP contribution in [0.2, 0.25) is 0 Å². The van der Waals surface area contributed by atoms with E-state index in [4.69, 9.17) is 9.72 Å². The van der Waals surface area contributed by atoms with Crippen molar-refractivity contribution in [2.24, 2.45) is 0 Å². The molecule has 0 aliphatic carbocycles. The third kappa shape index (κ3) is 7.24. The molecule has 0 bridgehead atoms. The molecule has 5 rings (SSSR count). The van der Waals surface area contributed by atoms with E-state index >= 15 is 4.39 Å². The third-order valence-electron chi connectivity index (χ3n) is 8.25. The van der Waals surface area contributed by atoms with Crippen molar-refractivity contribution in [3.05, 3.63) is 93.9 Å². The van der Waals surface area contributed by atoms with Gasteiger partial charge in [0, 0.05) is 41.7 Å². The fraction of sp³-hybridized carbons (Fsp3) is 0.314. The minimum absolute atomic E-state index is 0.0156. The molecule has 2 N–H and O–H groups in total. The first kappa shape index (κ1) is 33.8. The Morgan fingerprint density at radius 3 is 2.53 bits per heavy atom. The molecular formula is C35H38F2N6O3S+2. The first-order valence-electron chi connectivity index (χ1n) is 15.4. The molecule has 2 atom stereocenters. The lowest BCUT2D eigenvalue weighted by atomic mass is 10.1. The summed E-state index contributed by atoms with van der Waals surface area (Å²) >= 11 is 1.41. The number of quaternary nitrogens is 1. The molecule has 3 aromatic carbocycles. The summed E-state index contributed by atoms with van der Waals surface area (Å²) < 4.78 is 37.6. The number of nitriles is 1. The topological polar surface area (TPSA) is 101 Å². The van der Waals surface area contributed by atoms with Gasteiger partial charge < -0.3 is 15.2 Å². The second-order valence-electron chi connectivity index (χ2n) is 11.7. The van der Waals surface area contributed by atoms with Gasteiger partial charge in [0.15, 0.2) is 12.4 Å². The molecule has 4 aromatic rings. The highest BCUT2D eigenvalue weighted by molar-refractivity contribution is 7.14. The number of nitrogens with zero attached hydrogens (tertiary/aromatic N) is 5. The van der Waals surface area contributed by atoms with Gasteiger partial charge in [-0.25, -0.2) is 18.6 Å². The number of carbonyl (C=O) groups is 1. The second kappa shape index (κ2) is 14.5. The van der Waals surface area contributed by atoms with E-state index in [-0.39, 0.29) is 22.9 Å². The van der Waals surface area contributed by atoms with Crippen LogP contribution in [0.15, 0.2) is 60.0 Å². The molecule has 0 saturated carbocycles. The standard InChI is InChI=1S/C35H38F2N6O3S/c1-23-15-27(16-24(2)33(23)46-34(45)25(3)39-4)19-41-21-42(35-40-31(20-47-35)28-9-7-26(18-38)8-10-28)43(22-41,13-5-6-14-44)32-12-11-29(36)17-30(32)37/h7-12,15-17,20,22,25,39,44H,5-6,13-14,19,21H2,1-4H3/q+2. The van der Waals surface area contributed by atoms with Gasteiger partial charge in [-0.1, -0.05) is 28.1 Å². The van der Waals surface area contributed by atoms with Crippen molar-refractivity contribution >= 4 is 34.5 Å². The zero-order valence-electron chi connectivity index (χ0n) is 26.8. The van der Waals surface area contributed by atoms with Gasteiger partial charge in [0.25, 0.3) is 6.67 Å². The van der Waals surface area contributed by atoms with Crippen molar-refractivity contribution in [1.82, 2.24) is 14.9 Å². The first-order chi connectivity index (χ1) is 22.6. The Labute approximate surface area is 277 Å².